The fourth-order valence-corrected chi connectivity index (χ4v) is 3.38. The van der Waals surface area contributed by atoms with Gasteiger partial charge in [-0.25, -0.2) is 4.98 Å². The summed E-state index contributed by atoms with van der Waals surface area (Å²) in [5.74, 6) is 0.409. The van der Waals surface area contributed by atoms with Crippen LogP contribution in [0.4, 0.5) is 11.4 Å². The van der Waals surface area contributed by atoms with Gasteiger partial charge in [-0.15, -0.1) is 0 Å². The van der Waals surface area contributed by atoms with Crippen LogP contribution in [0.2, 0.25) is 0 Å². The predicted molar refractivity (Wildman–Crippen MR) is 119 cm³/mol. The normalized spacial score (nSPS) is 11.5. The maximum absolute atomic E-state index is 10.9. The van der Waals surface area contributed by atoms with E-state index in [-0.39, 0.29) is 11.4 Å². The molecule has 31 heavy (non-hydrogen) atoms. The monoisotopic (exact) mass is 409 g/mol. The van der Waals surface area contributed by atoms with Gasteiger partial charge in [0, 0.05) is 18.3 Å². The average molecular weight is 409 g/mol. The number of benzene rings is 4. The first kappa shape index (κ1) is 18.5. The van der Waals surface area contributed by atoms with Crippen molar-refractivity contribution >= 4 is 39.5 Å². The van der Waals surface area contributed by atoms with Crippen LogP contribution >= 0.6 is 0 Å². The predicted octanol–water partition coefficient (Wildman–Crippen LogP) is 6.01. The highest BCUT2D eigenvalue weighted by Crippen LogP contribution is 2.35. The Kier molecular flexibility index (Phi) is 4.41. The number of non-ortho nitro benzene ring substituents is 1. The number of nitro groups is 1. The van der Waals surface area contributed by atoms with E-state index >= 15 is 0 Å². The van der Waals surface area contributed by atoms with Gasteiger partial charge in [-0.05, 0) is 46.7 Å². The van der Waals surface area contributed by atoms with Crippen molar-refractivity contribution in [1.82, 2.24) is 4.98 Å². The summed E-state index contributed by atoms with van der Waals surface area (Å²) in [6.45, 7) is 0. The SMILES string of the molecule is O=[N+]([O-])c1cccc(C=Nc2ccc3oc(-c4cc5ccccc5cc4O)nc3c2)c1. The van der Waals surface area contributed by atoms with Gasteiger partial charge < -0.3 is 9.52 Å². The minimum atomic E-state index is -0.442. The number of oxazole rings is 1. The van der Waals surface area contributed by atoms with Gasteiger partial charge in [0.15, 0.2) is 5.58 Å². The number of nitro benzene ring substituents is 1. The largest absolute Gasteiger partial charge is 0.507 e. The molecule has 150 valence electrons. The van der Waals surface area contributed by atoms with Gasteiger partial charge in [0.25, 0.3) is 5.69 Å². The van der Waals surface area contributed by atoms with Gasteiger partial charge >= 0.3 is 0 Å². The zero-order valence-electron chi connectivity index (χ0n) is 16.1. The summed E-state index contributed by atoms with van der Waals surface area (Å²) < 4.78 is 5.85. The van der Waals surface area contributed by atoms with Crippen molar-refractivity contribution in [3.05, 3.63) is 94.5 Å². The van der Waals surface area contributed by atoms with Gasteiger partial charge in [-0.2, -0.15) is 0 Å². The summed E-state index contributed by atoms with van der Waals surface area (Å²) >= 11 is 0. The number of nitrogens with zero attached hydrogens (tertiary/aromatic N) is 3. The molecule has 0 aliphatic carbocycles. The van der Waals surface area contributed by atoms with Crippen LogP contribution in [0.1, 0.15) is 5.56 Å². The summed E-state index contributed by atoms with van der Waals surface area (Å²) in [4.78, 5) is 19.4. The van der Waals surface area contributed by atoms with Crippen LogP contribution in [-0.4, -0.2) is 21.2 Å². The van der Waals surface area contributed by atoms with Crippen LogP contribution < -0.4 is 0 Å². The van der Waals surface area contributed by atoms with E-state index in [1.807, 2.05) is 30.3 Å². The molecule has 0 atom stereocenters. The average Bonchev–Trinajstić information content (AvgIpc) is 3.20. The second kappa shape index (κ2) is 7.38. The van der Waals surface area contributed by atoms with Crippen molar-refractivity contribution in [2.75, 3.05) is 0 Å². The molecule has 5 rings (SSSR count). The summed E-state index contributed by atoms with van der Waals surface area (Å²) in [6.07, 6.45) is 1.56. The molecule has 0 fully saturated rings. The quantitative estimate of drug-likeness (QED) is 0.222. The first-order valence-corrected chi connectivity index (χ1v) is 9.48. The third-order valence-electron chi connectivity index (χ3n) is 4.91. The van der Waals surface area contributed by atoms with Gasteiger partial charge in [-0.3, -0.25) is 15.1 Å². The van der Waals surface area contributed by atoms with E-state index in [2.05, 4.69) is 9.98 Å². The highest BCUT2D eigenvalue weighted by Gasteiger charge is 2.14. The number of hydrogen-bond donors (Lipinski definition) is 1. The molecule has 1 heterocycles. The van der Waals surface area contributed by atoms with Crippen molar-refractivity contribution in [1.29, 1.82) is 0 Å². The molecule has 0 spiro atoms. The smallest absolute Gasteiger partial charge is 0.270 e. The molecule has 0 bridgehead atoms. The maximum atomic E-state index is 10.9. The number of aromatic nitrogens is 1. The second-order valence-corrected chi connectivity index (χ2v) is 7.00. The van der Waals surface area contributed by atoms with Crippen molar-refractivity contribution in [3.63, 3.8) is 0 Å². The van der Waals surface area contributed by atoms with Crippen molar-refractivity contribution in [2.24, 2.45) is 4.99 Å². The number of aliphatic imine (C=N–C) groups is 1. The maximum Gasteiger partial charge on any atom is 0.270 e. The number of aromatic hydroxyl groups is 1. The lowest BCUT2D eigenvalue weighted by atomic mass is 10.1. The minimum absolute atomic E-state index is 0.00994. The van der Waals surface area contributed by atoms with Gasteiger partial charge in [0.1, 0.15) is 11.3 Å². The summed E-state index contributed by atoms with van der Waals surface area (Å²) in [5, 5.41) is 23.3. The Labute approximate surface area is 176 Å². The standard InChI is InChI=1S/C24H15N3O4/c28-22-12-17-6-2-1-5-16(17)11-20(22)24-26-21-13-18(8-9-23(21)31-24)25-14-15-4-3-7-19(10-15)27(29)30/h1-14,28H. The first-order valence-electron chi connectivity index (χ1n) is 9.48. The Morgan fingerprint density at radius 3 is 2.58 bits per heavy atom. The van der Waals surface area contributed by atoms with Crippen LogP contribution in [0, 0.1) is 10.1 Å². The number of hydrogen-bond acceptors (Lipinski definition) is 6. The number of phenols is 1. The van der Waals surface area contributed by atoms with Gasteiger partial charge in [0.05, 0.1) is 16.2 Å². The van der Waals surface area contributed by atoms with E-state index in [0.29, 0.717) is 33.8 Å². The minimum Gasteiger partial charge on any atom is -0.507 e. The third kappa shape index (κ3) is 3.60. The van der Waals surface area contributed by atoms with E-state index in [4.69, 9.17) is 4.42 Å². The summed E-state index contributed by atoms with van der Waals surface area (Å²) in [6, 6.07) is 22.8. The number of rotatable bonds is 4. The van der Waals surface area contributed by atoms with E-state index in [9.17, 15) is 15.2 Å². The van der Waals surface area contributed by atoms with Crippen LogP contribution in [0.5, 0.6) is 5.75 Å². The number of fused-ring (bicyclic) bond motifs is 2. The lowest BCUT2D eigenvalue weighted by molar-refractivity contribution is -0.384. The summed E-state index contributed by atoms with van der Waals surface area (Å²) in [7, 11) is 0. The molecule has 0 radical (unpaired) electrons. The van der Waals surface area contributed by atoms with Crippen LogP contribution in [0.25, 0.3) is 33.3 Å². The van der Waals surface area contributed by atoms with E-state index in [1.54, 1.807) is 42.6 Å². The zero-order chi connectivity index (χ0) is 21.4. The van der Waals surface area contributed by atoms with Crippen LogP contribution in [0.15, 0.2) is 88.3 Å². The molecule has 7 heteroatoms. The fraction of sp³-hybridized carbons (Fsp3) is 0. The van der Waals surface area contributed by atoms with E-state index in [1.165, 1.54) is 12.1 Å². The molecule has 0 amide bonds. The molecular weight excluding hydrogens is 394 g/mol. The molecule has 0 saturated carbocycles. The van der Waals surface area contributed by atoms with Crippen LogP contribution in [0.3, 0.4) is 0 Å². The molecule has 0 aliphatic rings. The Morgan fingerprint density at radius 2 is 1.77 bits per heavy atom. The molecule has 5 aromatic rings. The van der Waals surface area contributed by atoms with Gasteiger partial charge in [-0.1, -0.05) is 36.4 Å². The third-order valence-corrected chi connectivity index (χ3v) is 4.91. The number of phenolic OH excluding ortho intramolecular Hbond substituents is 1. The Hall–Kier alpha value is -4.52. The Morgan fingerprint density at radius 1 is 0.968 bits per heavy atom. The van der Waals surface area contributed by atoms with Gasteiger partial charge in [0.2, 0.25) is 5.89 Å². The van der Waals surface area contributed by atoms with Crippen molar-refractivity contribution in [3.8, 4) is 17.2 Å². The fourth-order valence-electron chi connectivity index (χ4n) is 3.38. The molecule has 1 N–H and O–H groups in total. The highest BCUT2D eigenvalue weighted by molar-refractivity contribution is 5.90. The Balaban J connectivity index is 1.49. The second-order valence-electron chi connectivity index (χ2n) is 7.00. The topological polar surface area (TPSA) is 102 Å². The van der Waals surface area contributed by atoms with E-state index < -0.39 is 4.92 Å². The Bertz CT molecular complexity index is 1490. The highest BCUT2D eigenvalue weighted by atomic mass is 16.6. The zero-order valence-corrected chi connectivity index (χ0v) is 16.1. The molecule has 4 aromatic carbocycles. The molecule has 1 aromatic heterocycles. The van der Waals surface area contributed by atoms with Crippen LogP contribution in [-0.2, 0) is 0 Å². The molecule has 0 unspecified atom stereocenters. The molecular formula is C24H15N3O4. The molecule has 7 nitrogen and oxygen atoms in total. The molecule has 0 saturated heterocycles. The van der Waals surface area contributed by atoms with Crippen molar-refractivity contribution < 1.29 is 14.4 Å². The van der Waals surface area contributed by atoms with E-state index in [0.717, 1.165) is 10.8 Å². The first-order chi connectivity index (χ1) is 15.1. The lowest BCUT2D eigenvalue weighted by Gasteiger charge is -2.03. The summed E-state index contributed by atoms with van der Waals surface area (Å²) in [5.41, 5.74) is 2.93. The van der Waals surface area contributed by atoms with Crippen molar-refractivity contribution in [2.45, 2.75) is 0 Å². The molecule has 0 aliphatic heterocycles. The lowest BCUT2D eigenvalue weighted by Crippen LogP contribution is -1.89.